The molecular formula is C37H54FO2P. The first-order valence-electron chi connectivity index (χ1n) is 14.9. The molecular weight excluding hydrogens is 526 g/mol. The predicted molar refractivity (Wildman–Crippen MR) is 178 cm³/mol. The zero-order chi connectivity index (χ0) is 31.2. The van der Waals surface area contributed by atoms with Gasteiger partial charge in [0.05, 0.1) is 0 Å². The van der Waals surface area contributed by atoms with Crippen molar-refractivity contribution >= 4 is 8.03 Å². The van der Waals surface area contributed by atoms with Crippen molar-refractivity contribution in [3.8, 4) is 11.5 Å². The Balaban J connectivity index is 2.36. The first-order chi connectivity index (χ1) is 18.5. The summed E-state index contributed by atoms with van der Waals surface area (Å²) in [5, 5.41) is 0. The van der Waals surface area contributed by atoms with Gasteiger partial charge in [0.25, 0.3) is 0 Å². The van der Waals surface area contributed by atoms with Crippen molar-refractivity contribution < 1.29 is 13.2 Å². The molecule has 2 nitrogen and oxygen atoms in total. The molecule has 3 aromatic carbocycles. The minimum absolute atomic E-state index is 0.0793. The third kappa shape index (κ3) is 8.13. The molecule has 41 heavy (non-hydrogen) atoms. The van der Waals surface area contributed by atoms with Gasteiger partial charge in [-0.2, -0.15) is 0 Å². The fourth-order valence-corrected chi connectivity index (χ4v) is 7.19. The van der Waals surface area contributed by atoms with Crippen molar-refractivity contribution in [2.24, 2.45) is 0 Å². The summed E-state index contributed by atoms with van der Waals surface area (Å²) in [5.41, 5.74) is 6.17. The molecule has 226 valence electrons. The normalized spacial score (nSPS) is 13.7. The van der Waals surface area contributed by atoms with Crippen molar-refractivity contribution in [2.75, 3.05) is 0 Å². The second-order valence-corrected chi connectivity index (χ2v) is 18.0. The SMILES string of the molecule is Cc1cc(C(C)(C)C)c(O[PH](F)(Cc2ccccc2)Oc2c(C(C)(C)C)cc(C)cc2C(C)(C)C)c(C(C)(C)C)c1. The number of hydrogen-bond donors (Lipinski definition) is 0. The van der Waals surface area contributed by atoms with Crippen LogP contribution in [0.1, 0.15) is 122 Å². The Labute approximate surface area is 250 Å². The van der Waals surface area contributed by atoms with E-state index in [1.165, 1.54) is 0 Å². The van der Waals surface area contributed by atoms with Gasteiger partial charge in [-0.25, -0.2) is 0 Å². The molecule has 4 heteroatoms. The fourth-order valence-electron chi connectivity index (χ4n) is 5.23. The van der Waals surface area contributed by atoms with E-state index in [0.29, 0.717) is 11.5 Å². The average molecular weight is 581 g/mol. The monoisotopic (exact) mass is 580 g/mol. The van der Waals surface area contributed by atoms with Gasteiger partial charge in [0.1, 0.15) is 0 Å². The predicted octanol–water partition coefficient (Wildman–Crippen LogP) is 11.6. The van der Waals surface area contributed by atoms with E-state index in [1.807, 2.05) is 30.3 Å². The summed E-state index contributed by atoms with van der Waals surface area (Å²) in [7, 11) is -4.45. The maximum atomic E-state index is 18.0. The number of benzene rings is 3. The quantitative estimate of drug-likeness (QED) is 0.270. The zero-order valence-corrected chi connectivity index (χ0v) is 29.1. The zero-order valence-electron chi connectivity index (χ0n) is 28.1. The fraction of sp³-hybridized carbons (Fsp3) is 0.514. The third-order valence-electron chi connectivity index (χ3n) is 7.47. The van der Waals surface area contributed by atoms with Gasteiger partial charge in [0.2, 0.25) is 0 Å². The average Bonchev–Trinajstić information content (AvgIpc) is 2.78. The summed E-state index contributed by atoms with van der Waals surface area (Å²) >= 11 is 0. The molecule has 0 saturated heterocycles. The Bertz CT molecular complexity index is 1210. The van der Waals surface area contributed by atoms with Gasteiger partial charge in [-0.3, -0.25) is 0 Å². The Morgan fingerprint density at radius 2 is 0.829 bits per heavy atom. The minimum atomic E-state index is -4.45. The summed E-state index contributed by atoms with van der Waals surface area (Å²) in [4.78, 5) is 0. The topological polar surface area (TPSA) is 18.5 Å². The van der Waals surface area contributed by atoms with Crippen LogP contribution in [0.25, 0.3) is 0 Å². The van der Waals surface area contributed by atoms with Crippen molar-refractivity contribution in [1.29, 1.82) is 0 Å². The van der Waals surface area contributed by atoms with Crippen LogP contribution in [0.3, 0.4) is 0 Å². The molecule has 3 aromatic rings. The van der Waals surface area contributed by atoms with Crippen molar-refractivity contribution in [3.05, 3.63) is 93.5 Å². The Hall–Kier alpha value is -2.38. The Morgan fingerprint density at radius 3 is 1.10 bits per heavy atom. The molecule has 0 aliphatic heterocycles. The van der Waals surface area contributed by atoms with Crippen LogP contribution in [0.15, 0.2) is 54.6 Å². The first-order valence-corrected chi connectivity index (χ1v) is 16.8. The molecule has 0 aromatic heterocycles. The third-order valence-corrected chi connectivity index (χ3v) is 9.31. The molecule has 0 atom stereocenters. The molecule has 0 aliphatic rings. The number of aryl methyl sites for hydroxylation is 2. The van der Waals surface area contributed by atoms with Crippen molar-refractivity contribution in [2.45, 2.75) is 125 Å². The van der Waals surface area contributed by atoms with E-state index < -0.39 is 8.03 Å². The van der Waals surface area contributed by atoms with E-state index in [-0.39, 0.29) is 27.8 Å². The molecule has 0 saturated carbocycles. The van der Waals surface area contributed by atoms with Crippen LogP contribution in [0.4, 0.5) is 4.20 Å². The molecule has 3 rings (SSSR count). The molecule has 0 bridgehead atoms. The molecule has 0 spiro atoms. The van der Waals surface area contributed by atoms with Crippen LogP contribution in [-0.2, 0) is 27.8 Å². The molecule has 0 radical (unpaired) electrons. The van der Waals surface area contributed by atoms with Crippen LogP contribution < -0.4 is 9.05 Å². The van der Waals surface area contributed by atoms with E-state index in [4.69, 9.17) is 9.05 Å². The summed E-state index contributed by atoms with van der Waals surface area (Å²) < 4.78 is 31.6. The number of halogens is 1. The van der Waals surface area contributed by atoms with Crippen LogP contribution in [-0.4, -0.2) is 0 Å². The van der Waals surface area contributed by atoms with Crippen LogP contribution in [0.5, 0.6) is 11.5 Å². The Kier molecular flexibility index (Phi) is 9.18. The molecule has 0 N–H and O–H groups in total. The van der Waals surface area contributed by atoms with Crippen LogP contribution in [0, 0.1) is 13.8 Å². The van der Waals surface area contributed by atoms with Gasteiger partial charge >= 0.3 is 251 Å². The molecule has 0 heterocycles. The van der Waals surface area contributed by atoms with Crippen LogP contribution >= 0.6 is 8.03 Å². The van der Waals surface area contributed by atoms with E-state index in [0.717, 1.165) is 38.9 Å². The van der Waals surface area contributed by atoms with Crippen LogP contribution in [0.2, 0.25) is 0 Å². The van der Waals surface area contributed by atoms with Gasteiger partial charge in [-0.1, -0.05) is 0 Å². The van der Waals surface area contributed by atoms with E-state index in [9.17, 15) is 0 Å². The number of hydrogen-bond acceptors (Lipinski definition) is 2. The second-order valence-electron chi connectivity index (χ2n) is 15.9. The molecule has 0 amide bonds. The molecule has 0 aliphatic carbocycles. The summed E-state index contributed by atoms with van der Waals surface area (Å²) in [6.45, 7) is 30.2. The van der Waals surface area contributed by atoms with Gasteiger partial charge < -0.3 is 0 Å². The van der Waals surface area contributed by atoms with Crippen molar-refractivity contribution in [1.82, 2.24) is 0 Å². The maximum absolute atomic E-state index is 18.0. The van der Waals surface area contributed by atoms with Gasteiger partial charge in [0, 0.05) is 0 Å². The standard InChI is InChI=1S/C37H54FO2P/c1-25-20-28(34(3,4)5)32(29(21-25)35(6,7)8)39-41(38,24-27-18-16-15-17-19-27)40-33-30(36(9,10)11)22-26(2)23-31(33)37(12,13)14/h15-23,41H,24H2,1-14H3. The number of rotatable bonds is 6. The summed E-state index contributed by atoms with van der Waals surface area (Å²) in [5.74, 6) is 1.25. The van der Waals surface area contributed by atoms with E-state index >= 15 is 4.20 Å². The molecule has 0 unspecified atom stereocenters. The van der Waals surface area contributed by atoms with Gasteiger partial charge in [-0.05, 0) is 0 Å². The summed E-state index contributed by atoms with van der Waals surface area (Å²) in [6, 6.07) is 18.4. The van der Waals surface area contributed by atoms with Gasteiger partial charge in [0.15, 0.2) is 0 Å². The van der Waals surface area contributed by atoms with Crippen molar-refractivity contribution in [3.63, 3.8) is 0 Å². The van der Waals surface area contributed by atoms with E-state index in [2.05, 4.69) is 121 Å². The summed E-state index contributed by atoms with van der Waals surface area (Å²) in [6.07, 6.45) is 0.0793. The first kappa shape index (κ1) is 33.1. The van der Waals surface area contributed by atoms with E-state index in [1.54, 1.807) is 0 Å². The molecule has 0 fully saturated rings. The Morgan fingerprint density at radius 1 is 0.537 bits per heavy atom. The van der Waals surface area contributed by atoms with Gasteiger partial charge in [-0.15, -0.1) is 0 Å². The second kappa shape index (κ2) is 11.4.